The van der Waals surface area contributed by atoms with Crippen molar-refractivity contribution in [3.05, 3.63) is 40.0 Å². The van der Waals surface area contributed by atoms with Gasteiger partial charge in [-0.1, -0.05) is 28.1 Å². The highest BCUT2D eigenvalue weighted by Crippen LogP contribution is 2.18. The van der Waals surface area contributed by atoms with Gasteiger partial charge in [0.05, 0.1) is 6.04 Å². The Labute approximate surface area is 112 Å². The first kappa shape index (κ1) is 12.6. The van der Waals surface area contributed by atoms with Crippen LogP contribution in [0, 0.1) is 0 Å². The second-order valence-corrected chi connectivity index (χ2v) is 4.66. The smallest absolute Gasteiger partial charge is 0.277 e. The summed E-state index contributed by atoms with van der Waals surface area (Å²) >= 11 is 3.38. The van der Waals surface area contributed by atoms with E-state index in [9.17, 15) is 4.79 Å². The predicted octanol–water partition coefficient (Wildman–Crippen LogP) is 1.91. The summed E-state index contributed by atoms with van der Waals surface area (Å²) in [4.78, 5) is 11.8. The van der Waals surface area contributed by atoms with Crippen molar-refractivity contribution in [2.24, 2.45) is 0 Å². The molecular formula is C11H11BrN4O2. The highest BCUT2D eigenvalue weighted by atomic mass is 79.9. The molecule has 0 aliphatic heterocycles. The van der Waals surface area contributed by atoms with Crippen LogP contribution in [0.5, 0.6) is 0 Å². The topological polar surface area (TPSA) is 94.0 Å². The fourth-order valence-electron chi connectivity index (χ4n) is 1.48. The Morgan fingerprint density at radius 1 is 1.50 bits per heavy atom. The standard InChI is InChI=1S/C11H11BrN4O2/c1-6(7-3-2-4-8(12)5-7)14-11(17)9-10(13)16-18-15-9/h2-6H,1H3,(H2,13,16)(H,14,17). The fraction of sp³-hybridized carbons (Fsp3) is 0.182. The lowest BCUT2D eigenvalue weighted by atomic mass is 10.1. The van der Waals surface area contributed by atoms with E-state index in [-0.39, 0.29) is 17.6 Å². The Morgan fingerprint density at radius 2 is 2.28 bits per heavy atom. The summed E-state index contributed by atoms with van der Waals surface area (Å²) in [7, 11) is 0. The number of nitrogens with two attached hydrogens (primary N) is 1. The van der Waals surface area contributed by atoms with Gasteiger partial charge in [0.15, 0.2) is 0 Å². The van der Waals surface area contributed by atoms with Gasteiger partial charge >= 0.3 is 0 Å². The average Bonchev–Trinajstić information content (AvgIpc) is 2.75. The zero-order valence-electron chi connectivity index (χ0n) is 9.55. The van der Waals surface area contributed by atoms with Crippen LogP contribution >= 0.6 is 15.9 Å². The first-order valence-corrected chi connectivity index (χ1v) is 6.01. The first-order valence-electron chi connectivity index (χ1n) is 5.22. The number of amides is 1. The lowest BCUT2D eigenvalue weighted by Crippen LogP contribution is -2.27. The quantitative estimate of drug-likeness (QED) is 0.903. The third-order valence-corrected chi connectivity index (χ3v) is 2.92. The molecule has 0 aliphatic rings. The summed E-state index contributed by atoms with van der Waals surface area (Å²) in [5.74, 6) is -0.435. The average molecular weight is 311 g/mol. The molecule has 0 saturated carbocycles. The molecule has 0 fully saturated rings. The van der Waals surface area contributed by atoms with E-state index in [4.69, 9.17) is 5.73 Å². The van der Waals surface area contributed by atoms with Gasteiger partial charge < -0.3 is 11.1 Å². The molecule has 1 aromatic carbocycles. The summed E-state index contributed by atoms with van der Waals surface area (Å²) in [5.41, 5.74) is 6.41. The van der Waals surface area contributed by atoms with Gasteiger partial charge in [-0.2, -0.15) is 0 Å². The number of hydrogen-bond acceptors (Lipinski definition) is 5. The van der Waals surface area contributed by atoms with E-state index in [2.05, 4.69) is 36.2 Å². The van der Waals surface area contributed by atoms with Crippen molar-refractivity contribution >= 4 is 27.7 Å². The predicted molar refractivity (Wildman–Crippen MR) is 68.7 cm³/mol. The summed E-state index contributed by atoms with van der Waals surface area (Å²) < 4.78 is 5.33. The molecule has 94 valence electrons. The number of aromatic nitrogens is 2. The van der Waals surface area contributed by atoms with Gasteiger partial charge in [-0.3, -0.25) is 4.79 Å². The van der Waals surface area contributed by atoms with Crippen LogP contribution < -0.4 is 11.1 Å². The maximum Gasteiger partial charge on any atom is 0.277 e. The molecule has 0 bridgehead atoms. The minimum atomic E-state index is -0.416. The molecule has 0 radical (unpaired) electrons. The first-order chi connectivity index (χ1) is 8.58. The highest BCUT2D eigenvalue weighted by molar-refractivity contribution is 9.10. The number of nitrogens with one attached hydrogen (secondary N) is 1. The van der Waals surface area contributed by atoms with E-state index in [1.807, 2.05) is 31.2 Å². The second kappa shape index (κ2) is 5.18. The summed E-state index contributed by atoms with van der Waals surface area (Å²) in [5, 5.41) is 9.57. The van der Waals surface area contributed by atoms with Crippen molar-refractivity contribution in [1.82, 2.24) is 15.6 Å². The van der Waals surface area contributed by atoms with Gasteiger partial charge in [0.2, 0.25) is 11.5 Å². The van der Waals surface area contributed by atoms with Crippen LogP contribution in [0.3, 0.4) is 0 Å². The molecule has 0 saturated heterocycles. The zero-order chi connectivity index (χ0) is 13.1. The van der Waals surface area contributed by atoms with Crippen molar-refractivity contribution < 1.29 is 9.42 Å². The monoisotopic (exact) mass is 310 g/mol. The minimum absolute atomic E-state index is 0.00292. The third kappa shape index (κ3) is 2.67. The van der Waals surface area contributed by atoms with E-state index in [1.54, 1.807) is 0 Å². The molecule has 1 heterocycles. The Bertz CT molecular complexity index is 570. The molecule has 1 amide bonds. The number of nitrogen functional groups attached to an aromatic ring is 1. The van der Waals surface area contributed by atoms with Crippen LogP contribution in [0.4, 0.5) is 5.82 Å². The number of rotatable bonds is 3. The largest absolute Gasteiger partial charge is 0.379 e. The van der Waals surface area contributed by atoms with Crippen LogP contribution in [0.15, 0.2) is 33.4 Å². The van der Waals surface area contributed by atoms with Crippen LogP contribution in [-0.2, 0) is 0 Å². The molecule has 2 rings (SSSR count). The zero-order valence-corrected chi connectivity index (χ0v) is 11.1. The normalized spacial score (nSPS) is 12.1. The molecule has 0 aliphatic carbocycles. The number of hydrogen-bond donors (Lipinski definition) is 2. The fourth-order valence-corrected chi connectivity index (χ4v) is 1.89. The van der Waals surface area contributed by atoms with Crippen molar-refractivity contribution in [1.29, 1.82) is 0 Å². The molecule has 7 heteroatoms. The molecule has 18 heavy (non-hydrogen) atoms. The third-order valence-electron chi connectivity index (χ3n) is 2.43. The van der Waals surface area contributed by atoms with Gasteiger partial charge in [-0.25, -0.2) is 4.63 Å². The lowest BCUT2D eigenvalue weighted by molar-refractivity contribution is 0.0930. The lowest BCUT2D eigenvalue weighted by Gasteiger charge is -2.13. The number of halogens is 1. The molecule has 3 N–H and O–H groups in total. The van der Waals surface area contributed by atoms with E-state index in [0.717, 1.165) is 10.0 Å². The molecule has 1 atom stereocenters. The maximum atomic E-state index is 11.8. The maximum absolute atomic E-state index is 11.8. The number of benzene rings is 1. The van der Waals surface area contributed by atoms with Crippen molar-refractivity contribution in [3.8, 4) is 0 Å². The van der Waals surface area contributed by atoms with Crippen LogP contribution in [0.25, 0.3) is 0 Å². The van der Waals surface area contributed by atoms with Crippen molar-refractivity contribution in [2.45, 2.75) is 13.0 Å². The summed E-state index contributed by atoms with van der Waals surface area (Å²) in [6.07, 6.45) is 0. The Morgan fingerprint density at radius 3 is 2.89 bits per heavy atom. The van der Waals surface area contributed by atoms with Crippen molar-refractivity contribution in [3.63, 3.8) is 0 Å². The van der Waals surface area contributed by atoms with Gasteiger partial charge in [0.25, 0.3) is 5.91 Å². The van der Waals surface area contributed by atoms with Crippen LogP contribution in [-0.4, -0.2) is 16.2 Å². The molecule has 2 aromatic rings. The Hall–Kier alpha value is -1.89. The Kier molecular flexibility index (Phi) is 3.61. The van der Waals surface area contributed by atoms with Gasteiger partial charge in [0.1, 0.15) is 0 Å². The van der Waals surface area contributed by atoms with Crippen LogP contribution in [0.1, 0.15) is 29.0 Å². The summed E-state index contributed by atoms with van der Waals surface area (Å²) in [6, 6.07) is 7.48. The van der Waals surface area contributed by atoms with E-state index in [0.29, 0.717) is 0 Å². The second-order valence-electron chi connectivity index (χ2n) is 3.75. The number of nitrogens with zero attached hydrogens (tertiary/aromatic N) is 2. The molecule has 0 spiro atoms. The number of carbonyl (C=O) groups excluding carboxylic acids is 1. The highest BCUT2D eigenvalue weighted by Gasteiger charge is 2.18. The van der Waals surface area contributed by atoms with E-state index in [1.165, 1.54) is 0 Å². The van der Waals surface area contributed by atoms with Gasteiger partial charge in [-0.05, 0) is 34.9 Å². The van der Waals surface area contributed by atoms with Gasteiger partial charge in [0, 0.05) is 4.47 Å². The van der Waals surface area contributed by atoms with Crippen molar-refractivity contribution in [2.75, 3.05) is 5.73 Å². The SMILES string of the molecule is CC(NC(=O)c1nonc1N)c1cccc(Br)c1. The number of carbonyl (C=O) groups is 1. The van der Waals surface area contributed by atoms with Crippen LogP contribution in [0.2, 0.25) is 0 Å². The Balaban J connectivity index is 2.10. The number of anilines is 1. The molecule has 1 unspecified atom stereocenters. The molecule has 6 nitrogen and oxygen atoms in total. The van der Waals surface area contributed by atoms with E-state index < -0.39 is 5.91 Å². The molecule has 1 aromatic heterocycles. The molecular weight excluding hydrogens is 300 g/mol. The van der Waals surface area contributed by atoms with Gasteiger partial charge in [-0.15, -0.1) is 0 Å². The minimum Gasteiger partial charge on any atom is -0.379 e. The van der Waals surface area contributed by atoms with E-state index >= 15 is 0 Å². The summed E-state index contributed by atoms with van der Waals surface area (Å²) in [6.45, 7) is 1.86.